The lowest BCUT2D eigenvalue weighted by molar-refractivity contribution is 0.584. The summed E-state index contributed by atoms with van der Waals surface area (Å²) in [6.45, 7) is 4.24. The van der Waals surface area contributed by atoms with Crippen molar-refractivity contribution in [3.63, 3.8) is 0 Å². The van der Waals surface area contributed by atoms with E-state index in [4.69, 9.17) is 0 Å². The highest BCUT2D eigenvalue weighted by molar-refractivity contribution is 5.32. The molecule has 0 aliphatic carbocycles. The van der Waals surface area contributed by atoms with Crippen molar-refractivity contribution in [1.82, 2.24) is 5.32 Å². The summed E-state index contributed by atoms with van der Waals surface area (Å²) in [5.74, 6) is -0.190. The Labute approximate surface area is 114 Å². The minimum absolute atomic E-state index is 0.190. The SMILES string of the molecule is CNC(Cc1cc(C)ccc1C)c1ccc(F)cc1. The minimum Gasteiger partial charge on any atom is -0.313 e. The van der Waals surface area contributed by atoms with E-state index >= 15 is 0 Å². The first-order valence-corrected chi connectivity index (χ1v) is 6.59. The van der Waals surface area contributed by atoms with Crippen LogP contribution >= 0.6 is 0 Å². The van der Waals surface area contributed by atoms with Gasteiger partial charge >= 0.3 is 0 Å². The lowest BCUT2D eigenvalue weighted by Crippen LogP contribution is -2.19. The van der Waals surface area contributed by atoms with Gasteiger partial charge in [0.2, 0.25) is 0 Å². The fraction of sp³-hybridized carbons (Fsp3) is 0.294. The Morgan fingerprint density at radius 1 is 1.05 bits per heavy atom. The largest absolute Gasteiger partial charge is 0.313 e. The molecular weight excluding hydrogens is 237 g/mol. The second kappa shape index (κ2) is 5.98. The molecule has 0 aromatic heterocycles. The smallest absolute Gasteiger partial charge is 0.123 e. The Hall–Kier alpha value is -1.67. The van der Waals surface area contributed by atoms with Crippen LogP contribution in [0.3, 0.4) is 0 Å². The Balaban J connectivity index is 2.23. The van der Waals surface area contributed by atoms with Crippen LogP contribution in [0.2, 0.25) is 0 Å². The van der Waals surface area contributed by atoms with Gasteiger partial charge in [-0.15, -0.1) is 0 Å². The number of likely N-dealkylation sites (N-methyl/N-ethyl adjacent to an activating group) is 1. The maximum Gasteiger partial charge on any atom is 0.123 e. The maximum absolute atomic E-state index is 13.0. The monoisotopic (exact) mass is 257 g/mol. The van der Waals surface area contributed by atoms with Crippen LogP contribution in [0.5, 0.6) is 0 Å². The van der Waals surface area contributed by atoms with Crippen LogP contribution in [0.25, 0.3) is 0 Å². The van der Waals surface area contributed by atoms with E-state index in [0.717, 1.165) is 12.0 Å². The molecular formula is C17H20FN. The van der Waals surface area contributed by atoms with Crippen LogP contribution in [0.1, 0.15) is 28.3 Å². The van der Waals surface area contributed by atoms with Crippen molar-refractivity contribution in [2.75, 3.05) is 7.05 Å². The van der Waals surface area contributed by atoms with Crippen LogP contribution in [0.4, 0.5) is 4.39 Å². The Kier molecular flexibility index (Phi) is 4.33. The molecule has 19 heavy (non-hydrogen) atoms. The van der Waals surface area contributed by atoms with Crippen molar-refractivity contribution in [2.45, 2.75) is 26.3 Å². The number of hydrogen-bond acceptors (Lipinski definition) is 1. The van der Waals surface area contributed by atoms with Crippen molar-refractivity contribution in [3.05, 3.63) is 70.5 Å². The standard InChI is InChI=1S/C17H20FN/c1-12-4-5-13(2)15(10-12)11-17(19-3)14-6-8-16(18)9-7-14/h4-10,17,19H,11H2,1-3H3. The van der Waals surface area contributed by atoms with E-state index in [1.54, 1.807) is 0 Å². The highest BCUT2D eigenvalue weighted by Crippen LogP contribution is 2.21. The molecule has 0 saturated carbocycles. The van der Waals surface area contributed by atoms with Gasteiger partial charge in [-0.25, -0.2) is 4.39 Å². The molecule has 0 amide bonds. The predicted octanol–water partition coefficient (Wildman–Crippen LogP) is 3.95. The zero-order valence-electron chi connectivity index (χ0n) is 11.7. The van der Waals surface area contributed by atoms with Gasteiger partial charge in [0, 0.05) is 6.04 Å². The lowest BCUT2D eigenvalue weighted by atomic mass is 9.95. The van der Waals surface area contributed by atoms with Crippen molar-refractivity contribution < 1.29 is 4.39 Å². The van der Waals surface area contributed by atoms with E-state index in [2.05, 4.69) is 37.4 Å². The number of aryl methyl sites for hydroxylation is 2. The summed E-state index contributed by atoms with van der Waals surface area (Å²) in [5.41, 5.74) is 5.02. The number of halogens is 1. The molecule has 1 N–H and O–H groups in total. The van der Waals surface area contributed by atoms with Crippen molar-refractivity contribution in [2.24, 2.45) is 0 Å². The van der Waals surface area contributed by atoms with E-state index < -0.39 is 0 Å². The molecule has 0 bridgehead atoms. The topological polar surface area (TPSA) is 12.0 Å². The van der Waals surface area contributed by atoms with Crippen molar-refractivity contribution >= 4 is 0 Å². The number of rotatable bonds is 4. The van der Waals surface area contributed by atoms with Crippen LogP contribution in [0, 0.1) is 19.7 Å². The highest BCUT2D eigenvalue weighted by Gasteiger charge is 2.11. The first kappa shape index (κ1) is 13.8. The van der Waals surface area contributed by atoms with Crippen molar-refractivity contribution in [3.8, 4) is 0 Å². The average molecular weight is 257 g/mol. The molecule has 2 heteroatoms. The summed E-state index contributed by atoms with van der Waals surface area (Å²) >= 11 is 0. The van der Waals surface area contributed by atoms with Crippen LogP contribution in [-0.4, -0.2) is 7.05 Å². The summed E-state index contributed by atoms with van der Waals surface area (Å²) in [7, 11) is 1.94. The first-order chi connectivity index (χ1) is 9.10. The molecule has 0 aliphatic rings. The molecule has 0 aliphatic heterocycles. The normalized spacial score (nSPS) is 12.4. The molecule has 0 heterocycles. The molecule has 1 nitrogen and oxygen atoms in total. The van der Waals surface area contributed by atoms with Gasteiger partial charge in [-0.1, -0.05) is 35.9 Å². The highest BCUT2D eigenvalue weighted by atomic mass is 19.1. The van der Waals surface area contributed by atoms with Gasteiger partial charge < -0.3 is 5.32 Å². The predicted molar refractivity (Wildman–Crippen MR) is 77.8 cm³/mol. The van der Waals surface area contributed by atoms with Gasteiger partial charge in [0.1, 0.15) is 5.82 Å². The average Bonchev–Trinajstić information content (AvgIpc) is 2.41. The molecule has 100 valence electrons. The van der Waals surface area contributed by atoms with Crippen molar-refractivity contribution in [1.29, 1.82) is 0 Å². The lowest BCUT2D eigenvalue weighted by Gasteiger charge is -2.18. The van der Waals surface area contributed by atoms with Crippen LogP contribution in [-0.2, 0) is 6.42 Å². The van der Waals surface area contributed by atoms with Gasteiger partial charge in [0.25, 0.3) is 0 Å². The Morgan fingerprint density at radius 2 is 1.74 bits per heavy atom. The maximum atomic E-state index is 13.0. The molecule has 2 aromatic carbocycles. The van der Waals surface area contributed by atoms with Crippen LogP contribution in [0.15, 0.2) is 42.5 Å². The molecule has 2 rings (SSSR count). The van der Waals surface area contributed by atoms with Gasteiger partial charge in [-0.2, -0.15) is 0 Å². The third kappa shape index (κ3) is 3.42. The fourth-order valence-electron chi connectivity index (χ4n) is 2.32. The second-order valence-electron chi connectivity index (χ2n) is 5.03. The summed E-state index contributed by atoms with van der Waals surface area (Å²) in [5, 5.41) is 3.31. The van der Waals surface area contributed by atoms with E-state index in [1.165, 1.54) is 28.8 Å². The summed E-state index contributed by atoms with van der Waals surface area (Å²) in [6, 6.07) is 13.5. The zero-order valence-corrected chi connectivity index (χ0v) is 11.7. The van der Waals surface area contributed by atoms with Gasteiger partial charge in [0.05, 0.1) is 0 Å². The summed E-state index contributed by atoms with van der Waals surface area (Å²) in [6.07, 6.45) is 0.912. The Morgan fingerprint density at radius 3 is 2.37 bits per heavy atom. The molecule has 0 saturated heterocycles. The number of hydrogen-bond donors (Lipinski definition) is 1. The molecule has 0 spiro atoms. The third-order valence-corrected chi connectivity index (χ3v) is 3.55. The molecule has 0 fully saturated rings. The molecule has 1 atom stereocenters. The summed E-state index contributed by atoms with van der Waals surface area (Å²) < 4.78 is 13.0. The molecule has 1 unspecified atom stereocenters. The van der Waals surface area contributed by atoms with Gasteiger partial charge in [-0.3, -0.25) is 0 Å². The first-order valence-electron chi connectivity index (χ1n) is 6.59. The number of benzene rings is 2. The molecule has 0 radical (unpaired) electrons. The van der Waals surface area contributed by atoms with Gasteiger partial charge in [0.15, 0.2) is 0 Å². The third-order valence-electron chi connectivity index (χ3n) is 3.55. The zero-order chi connectivity index (χ0) is 13.8. The second-order valence-corrected chi connectivity index (χ2v) is 5.03. The van der Waals surface area contributed by atoms with E-state index in [1.807, 2.05) is 19.2 Å². The van der Waals surface area contributed by atoms with Crippen LogP contribution < -0.4 is 5.32 Å². The summed E-state index contributed by atoms with van der Waals surface area (Å²) in [4.78, 5) is 0. The Bertz CT molecular complexity index is 546. The van der Waals surface area contributed by atoms with E-state index in [0.29, 0.717) is 0 Å². The van der Waals surface area contributed by atoms with E-state index in [-0.39, 0.29) is 11.9 Å². The molecule has 2 aromatic rings. The fourth-order valence-corrected chi connectivity index (χ4v) is 2.32. The number of nitrogens with one attached hydrogen (secondary N) is 1. The van der Waals surface area contributed by atoms with E-state index in [9.17, 15) is 4.39 Å². The quantitative estimate of drug-likeness (QED) is 0.874. The van der Waals surface area contributed by atoms with Gasteiger partial charge in [-0.05, 0) is 56.1 Å². The minimum atomic E-state index is -0.190.